The van der Waals surface area contributed by atoms with Gasteiger partial charge in [-0.15, -0.1) is 0 Å². The van der Waals surface area contributed by atoms with Crippen LogP contribution in [0.15, 0.2) is 48.8 Å². The molecule has 0 unspecified atom stereocenters. The Morgan fingerprint density at radius 2 is 1.89 bits per heavy atom. The van der Waals surface area contributed by atoms with Crippen molar-refractivity contribution in [1.29, 1.82) is 0 Å². The van der Waals surface area contributed by atoms with Crippen molar-refractivity contribution in [2.75, 3.05) is 5.73 Å². The highest BCUT2D eigenvalue weighted by Gasteiger charge is 2.07. The molecule has 0 fully saturated rings. The second-order valence-corrected chi connectivity index (χ2v) is 4.31. The Labute approximate surface area is 105 Å². The molecule has 88 valence electrons. The second-order valence-electron chi connectivity index (χ2n) is 4.31. The highest BCUT2D eigenvalue weighted by atomic mass is 14.7. The summed E-state index contributed by atoms with van der Waals surface area (Å²) in [4.78, 5) is 8.78. The molecule has 3 heteroatoms. The molecule has 0 aliphatic carbocycles. The van der Waals surface area contributed by atoms with E-state index in [1.54, 1.807) is 6.20 Å². The molecule has 3 aromatic rings. The number of hydrogen-bond acceptors (Lipinski definition) is 3. The zero-order valence-electron chi connectivity index (χ0n) is 10.1. The predicted molar refractivity (Wildman–Crippen MR) is 74.1 cm³/mol. The summed E-state index contributed by atoms with van der Waals surface area (Å²) in [6.45, 7) is 1.98. The highest BCUT2D eigenvalue weighted by Crippen LogP contribution is 2.27. The molecule has 0 spiro atoms. The van der Waals surface area contributed by atoms with Gasteiger partial charge in [0.15, 0.2) is 0 Å². The van der Waals surface area contributed by atoms with E-state index in [-0.39, 0.29) is 0 Å². The van der Waals surface area contributed by atoms with Crippen LogP contribution in [0.25, 0.3) is 22.2 Å². The van der Waals surface area contributed by atoms with Gasteiger partial charge in [0.05, 0.1) is 16.9 Å². The van der Waals surface area contributed by atoms with Crippen molar-refractivity contribution in [3.05, 3.63) is 54.4 Å². The topological polar surface area (TPSA) is 51.8 Å². The molecule has 0 bridgehead atoms. The summed E-state index contributed by atoms with van der Waals surface area (Å²) >= 11 is 0. The number of hydrogen-bond donors (Lipinski definition) is 1. The van der Waals surface area contributed by atoms with E-state index in [1.807, 2.05) is 43.5 Å². The standard InChI is InChI=1S/C15H13N3/c1-10-6-7-17-15(14(10)16)12-8-11-4-2-3-5-13(11)18-9-12/h2-9H,16H2,1H3. The maximum atomic E-state index is 6.07. The zero-order valence-corrected chi connectivity index (χ0v) is 10.1. The molecule has 0 saturated heterocycles. The molecule has 0 radical (unpaired) electrons. The van der Waals surface area contributed by atoms with Crippen LogP contribution < -0.4 is 5.73 Å². The van der Waals surface area contributed by atoms with Gasteiger partial charge in [-0.2, -0.15) is 0 Å². The van der Waals surface area contributed by atoms with Gasteiger partial charge in [0.25, 0.3) is 0 Å². The van der Waals surface area contributed by atoms with Crippen LogP contribution >= 0.6 is 0 Å². The number of nitrogen functional groups attached to an aromatic ring is 1. The molecule has 0 aliphatic rings. The predicted octanol–water partition coefficient (Wildman–Crippen LogP) is 3.19. The summed E-state index contributed by atoms with van der Waals surface area (Å²) < 4.78 is 0. The van der Waals surface area contributed by atoms with Crippen LogP contribution in [0.5, 0.6) is 0 Å². The molecule has 2 N–H and O–H groups in total. The smallest absolute Gasteiger partial charge is 0.0949 e. The van der Waals surface area contributed by atoms with Crippen LogP contribution in [0.2, 0.25) is 0 Å². The Morgan fingerprint density at radius 3 is 2.78 bits per heavy atom. The molecule has 2 heterocycles. The molecule has 0 atom stereocenters. The van der Waals surface area contributed by atoms with Gasteiger partial charge in [0.1, 0.15) is 0 Å². The lowest BCUT2D eigenvalue weighted by atomic mass is 10.1. The van der Waals surface area contributed by atoms with E-state index in [1.165, 1.54) is 0 Å². The van der Waals surface area contributed by atoms with Gasteiger partial charge in [-0.05, 0) is 30.7 Å². The van der Waals surface area contributed by atoms with Crippen LogP contribution in [0.4, 0.5) is 5.69 Å². The van der Waals surface area contributed by atoms with E-state index in [9.17, 15) is 0 Å². The Hall–Kier alpha value is -2.42. The van der Waals surface area contributed by atoms with Crippen molar-refractivity contribution >= 4 is 16.6 Å². The average Bonchev–Trinajstić information content (AvgIpc) is 2.41. The van der Waals surface area contributed by atoms with Crippen molar-refractivity contribution in [3.63, 3.8) is 0 Å². The van der Waals surface area contributed by atoms with Gasteiger partial charge < -0.3 is 5.73 Å². The molecule has 0 saturated carbocycles. The lowest BCUT2D eigenvalue weighted by molar-refractivity contribution is 1.28. The Balaban J connectivity index is 2.22. The van der Waals surface area contributed by atoms with Gasteiger partial charge in [-0.1, -0.05) is 18.2 Å². The fourth-order valence-corrected chi connectivity index (χ4v) is 2.00. The van der Waals surface area contributed by atoms with Crippen LogP contribution in [0.1, 0.15) is 5.56 Å². The SMILES string of the molecule is Cc1ccnc(-c2cnc3ccccc3c2)c1N. The van der Waals surface area contributed by atoms with Crippen molar-refractivity contribution in [2.45, 2.75) is 6.92 Å². The summed E-state index contributed by atoms with van der Waals surface area (Å²) in [5.74, 6) is 0. The zero-order chi connectivity index (χ0) is 12.5. The van der Waals surface area contributed by atoms with Gasteiger partial charge in [-0.25, -0.2) is 0 Å². The van der Waals surface area contributed by atoms with Crippen LogP contribution in [-0.4, -0.2) is 9.97 Å². The van der Waals surface area contributed by atoms with Gasteiger partial charge in [0.2, 0.25) is 0 Å². The van der Waals surface area contributed by atoms with E-state index in [0.29, 0.717) is 0 Å². The summed E-state index contributed by atoms with van der Waals surface area (Å²) in [5, 5.41) is 1.10. The summed E-state index contributed by atoms with van der Waals surface area (Å²) in [7, 11) is 0. The number of fused-ring (bicyclic) bond motifs is 1. The van der Waals surface area contributed by atoms with Gasteiger partial charge in [-0.3, -0.25) is 9.97 Å². The Bertz CT molecular complexity index is 720. The number of pyridine rings is 2. The maximum Gasteiger partial charge on any atom is 0.0949 e. The summed E-state index contributed by atoms with van der Waals surface area (Å²) in [6, 6.07) is 12.0. The number of aryl methyl sites for hydroxylation is 1. The minimum absolute atomic E-state index is 0.717. The molecule has 0 amide bonds. The summed E-state index contributed by atoms with van der Waals surface area (Å²) in [6.07, 6.45) is 3.59. The van der Waals surface area contributed by atoms with Gasteiger partial charge in [0, 0.05) is 23.3 Å². The van der Waals surface area contributed by atoms with E-state index in [4.69, 9.17) is 5.73 Å². The Morgan fingerprint density at radius 1 is 1.06 bits per heavy atom. The number of anilines is 1. The lowest BCUT2D eigenvalue weighted by Gasteiger charge is -2.07. The number of nitrogens with two attached hydrogens (primary N) is 1. The van der Waals surface area contributed by atoms with Crippen molar-refractivity contribution in [1.82, 2.24) is 9.97 Å². The van der Waals surface area contributed by atoms with E-state index in [2.05, 4.69) is 16.0 Å². The first-order valence-corrected chi connectivity index (χ1v) is 5.82. The fourth-order valence-electron chi connectivity index (χ4n) is 2.00. The number of nitrogens with zero attached hydrogens (tertiary/aromatic N) is 2. The molecule has 3 rings (SSSR count). The molecule has 2 aromatic heterocycles. The number of benzene rings is 1. The first-order valence-electron chi connectivity index (χ1n) is 5.82. The average molecular weight is 235 g/mol. The van der Waals surface area contributed by atoms with Crippen LogP contribution in [0.3, 0.4) is 0 Å². The molecule has 3 nitrogen and oxygen atoms in total. The third kappa shape index (κ3) is 1.70. The largest absolute Gasteiger partial charge is 0.397 e. The van der Waals surface area contributed by atoms with E-state index < -0.39 is 0 Å². The monoisotopic (exact) mass is 235 g/mol. The molecular formula is C15H13N3. The number of para-hydroxylation sites is 1. The van der Waals surface area contributed by atoms with E-state index in [0.717, 1.165) is 33.4 Å². The van der Waals surface area contributed by atoms with Crippen LogP contribution in [-0.2, 0) is 0 Å². The molecular weight excluding hydrogens is 222 g/mol. The second kappa shape index (κ2) is 4.11. The summed E-state index contributed by atoms with van der Waals surface area (Å²) in [5.41, 5.74) is 10.6. The Kier molecular flexibility index (Phi) is 2.45. The lowest BCUT2D eigenvalue weighted by Crippen LogP contribution is -1.96. The van der Waals surface area contributed by atoms with Gasteiger partial charge >= 0.3 is 0 Å². The maximum absolute atomic E-state index is 6.07. The molecule has 1 aromatic carbocycles. The van der Waals surface area contributed by atoms with Crippen molar-refractivity contribution < 1.29 is 0 Å². The van der Waals surface area contributed by atoms with Crippen LogP contribution in [0, 0.1) is 6.92 Å². The van der Waals surface area contributed by atoms with Crippen molar-refractivity contribution in [3.8, 4) is 11.3 Å². The minimum Gasteiger partial charge on any atom is -0.397 e. The molecule has 0 aliphatic heterocycles. The normalized spacial score (nSPS) is 10.7. The highest BCUT2D eigenvalue weighted by molar-refractivity contribution is 5.85. The third-order valence-electron chi connectivity index (χ3n) is 3.07. The van der Waals surface area contributed by atoms with E-state index >= 15 is 0 Å². The number of aromatic nitrogens is 2. The third-order valence-corrected chi connectivity index (χ3v) is 3.07. The first-order chi connectivity index (χ1) is 8.75. The fraction of sp³-hybridized carbons (Fsp3) is 0.0667. The quantitative estimate of drug-likeness (QED) is 0.704. The van der Waals surface area contributed by atoms with Crippen molar-refractivity contribution in [2.24, 2.45) is 0 Å². The first kappa shape index (κ1) is 10.7. The molecule has 18 heavy (non-hydrogen) atoms. The minimum atomic E-state index is 0.717. The number of rotatable bonds is 1.